The van der Waals surface area contributed by atoms with Crippen molar-refractivity contribution in [3.63, 3.8) is 0 Å². The van der Waals surface area contributed by atoms with E-state index in [0.717, 1.165) is 24.3 Å². The van der Waals surface area contributed by atoms with Crippen molar-refractivity contribution in [2.45, 2.75) is 77.3 Å². The molecule has 2 aliphatic rings. The molecule has 3 atom stereocenters. The SMILES string of the molecule is CCC1CCC(N(C)C2CC(C)CCC2C#N)CC1. The first kappa shape index (κ1) is 14.9. The second kappa shape index (κ2) is 6.75. The summed E-state index contributed by atoms with van der Waals surface area (Å²) >= 11 is 0. The van der Waals surface area contributed by atoms with Crippen molar-refractivity contribution in [1.29, 1.82) is 5.26 Å². The van der Waals surface area contributed by atoms with Gasteiger partial charge >= 0.3 is 0 Å². The summed E-state index contributed by atoms with van der Waals surface area (Å²) in [5.41, 5.74) is 0. The Bertz CT molecular complexity index is 312. The van der Waals surface area contributed by atoms with E-state index in [-0.39, 0.29) is 5.92 Å². The molecule has 0 heterocycles. The standard InChI is InChI=1S/C17H30N2/c1-4-14-6-9-16(10-7-14)19(3)17-11-13(2)5-8-15(17)12-18/h13-17H,4-11H2,1-3H3. The number of nitrogens with zero attached hydrogens (tertiary/aromatic N) is 2. The molecule has 2 nitrogen and oxygen atoms in total. The van der Waals surface area contributed by atoms with Crippen molar-refractivity contribution >= 4 is 0 Å². The fraction of sp³-hybridized carbons (Fsp3) is 0.941. The molecule has 0 aromatic heterocycles. The largest absolute Gasteiger partial charge is 0.299 e. The molecule has 2 fully saturated rings. The maximum absolute atomic E-state index is 9.40. The lowest BCUT2D eigenvalue weighted by Gasteiger charge is -2.43. The maximum atomic E-state index is 9.40. The highest BCUT2D eigenvalue weighted by Gasteiger charge is 2.35. The van der Waals surface area contributed by atoms with Gasteiger partial charge in [0.15, 0.2) is 0 Å². The molecule has 0 spiro atoms. The van der Waals surface area contributed by atoms with Gasteiger partial charge in [-0.25, -0.2) is 0 Å². The fourth-order valence-electron chi connectivity index (χ4n) is 4.18. The second-order valence-electron chi connectivity index (χ2n) is 6.97. The smallest absolute Gasteiger partial charge is 0.0672 e. The molecule has 0 radical (unpaired) electrons. The molecule has 0 aromatic rings. The zero-order valence-electron chi connectivity index (χ0n) is 12.9. The Morgan fingerprint density at radius 2 is 1.79 bits per heavy atom. The molecule has 2 heteroatoms. The number of hydrogen-bond donors (Lipinski definition) is 0. The van der Waals surface area contributed by atoms with Crippen molar-refractivity contribution in [2.24, 2.45) is 17.8 Å². The predicted octanol–water partition coefficient (Wildman–Crippen LogP) is 4.22. The molecule has 0 N–H and O–H groups in total. The Morgan fingerprint density at radius 3 is 2.37 bits per heavy atom. The average Bonchev–Trinajstić information content (AvgIpc) is 2.46. The van der Waals surface area contributed by atoms with Crippen LogP contribution in [0.1, 0.15) is 65.2 Å². The zero-order valence-corrected chi connectivity index (χ0v) is 12.9. The lowest BCUT2D eigenvalue weighted by atomic mass is 9.77. The van der Waals surface area contributed by atoms with Crippen LogP contribution in [0, 0.1) is 29.1 Å². The van der Waals surface area contributed by atoms with Crippen LogP contribution in [-0.4, -0.2) is 24.0 Å². The number of rotatable bonds is 3. The topological polar surface area (TPSA) is 27.0 Å². The van der Waals surface area contributed by atoms with Gasteiger partial charge in [-0.1, -0.05) is 20.3 Å². The van der Waals surface area contributed by atoms with Crippen LogP contribution >= 0.6 is 0 Å². The highest BCUT2D eigenvalue weighted by molar-refractivity contribution is 4.98. The average molecular weight is 262 g/mol. The van der Waals surface area contributed by atoms with E-state index in [1.54, 1.807) is 0 Å². The summed E-state index contributed by atoms with van der Waals surface area (Å²) in [6.07, 6.45) is 10.4. The van der Waals surface area contributed by atoms with Crippen molar-refractivity contribution in [1.82, 2.24) is 4.90 Å². The first-order valence-corrected chi connectivity index (χ1v) is 8.27. The van der Waals surface area contributed by atoms with Gasteiger partial charge in [-0.15, -0.1) is 0 Å². The van der Waals surface area contributed by atoms with E-state index < -0.39 is 0 Å². The van der Waals surface area contributed by atoms with E-state index in [1.165, 1.54) is 44.9 Å². The molecule has 0 saturated heterocycles. The van der Waals surface area contributed by atoms with Gasteiger partial charge in [0, 0.05) is 12.1 Å². The van der Waals surface area contributed by atoms with Crippen molar-refractivity contribution in [3.05, 3.63) is 0 Å². The summed E-state index contributed by atoms with van der Waals surface area (Å²) in [5, 5.41) is 9.40. The Hall–Kier alpha value is -0.550. The van der Waals surface area contributed by atoms with Gasteiger partial charge in [-0.05, 0) is 63.8 Å². The minimum Gasteiger partial charge on any atom is -0.299 e. The summed E-state index contributed by atoms with van der Waals surface area (Å²) < 4.78 is 0. The predicted molar refractivity (Wildman–Crippen MR) is 79.7 cm³/mol. The molecule has 2 aliphatic carbocycles. The molecule has 0 aliphatic heterocycles. The third-order valence-electron chi connectivity index (χ3n) is 5.74. The molecular weight excluding hydrogens is 232 g/mol. The Kier molecular flexibility index (Phi) is 5.28. The van der Waals surface area contributed by atoms with Gasteiger partial charge < -0.3 is 0 Å². The molecule has 0 amide bonds. The summed E-state index contributed by atoms with van der Waals surface area (Å²) in [4.78, 5) is 2.58. The van der Waals surface area contributed by atoms with Crippen molar-refractivity contribution in [2.75, 3.05) is 7.05 Å². The summed E-state index contributed by atoms with van der Waals surface area (Å²) in [6, 6.07) is 3.81. The normalized spacial score (nSPS) is 40.1. The second-order valence-corrected chi connectivity index (χ2v) is 6.97. The Morgan fingerprint density at radius 1 is 1.11 bits per heavy atom. The summed E-state index contributed by atoms with van der Waals surface area (Å²) in [7, 11) is 2.28. The van der Waals surface area contributed by atoms with Gasteiger partial charge in [0.25, 0.3) is 0 Å². The van der Waals surface area contributed by atoms with Crippen LogP contribution < -0.4 is 0 Å². The molecular formula is C17H30N2. The minimum absolute atomic E-state index is 0.269. The number of hydrogen-bond acceptors (Lipinski definition) is 2. The quantitative estimate of drug-likeness (QED) is 0.761. The molecule has 0 aromatic carbocycles. The van der Waals surface area contributed by atoms with Gasteiger partial charge in [0.05, 0.1) is 12.0 Å². The highest BCUT2D eigenvalue weighted by atomic mass is 15.2. The summed E-state index contributed by atoms with van der Waals surface area (Å²) in [5.74, 6) is 2.02. The van der Waals surface area contributed by atoms with Gasteiger partial charge in [-0.2, -0.15) is 5.26 Å². The van der Waals surface area contributed by atoms with Crippen LogP contribution in [0.3, 0.4) is 0 Å². The maximum Gasteiger partial charge on any atom is 0.0672 e. The van der Waals surface area contributed by atoms with E-state index in [4.69, 9.17) is 0 Å². The van der Waals surface area contributed by atoms with Gasteiger partial charge in [0.1, 0.15) is 0 Å². The Balaban J connectivity index is 1.94. The van der Waals surface area contributed by atoms with Gasteiger partial charge in [0.2, 0.25) is 0 Å². The fourth-order valence-corrected chi connectivity index (χ4v) is 4.18. The van der Waals surface area contributed by atoms with E-state index in [2.05, 4.69) is 31.9 Å². The van der Waals surface area contributed by atoms with Crippen LogP contribution in [0.4, 0.5) is 0 Å². The molecule has 0 bridgehead atoms. The third-order valence-corrected chi connectivity index (χ3v) is 5.74. The monoisotopic (exact) mass is 262 g/mol. The molecule has 108 valence electrons. The minimum atomic E-state index is 0.269. The lowest BCUT2D eigenvalue weighted by Crippen LogP contribution is -2.47. The highest BCUT2D eigenvalue weighted by Crippen LogP contribution is 2.36. The molecule has 3 unspecified atom stereocenters. The Labute approximate surface area is 119 Å². The van der Waals surface area contributed by atoms with Crippen LogP contribution in [0.5, 0.6) is 0 Å². The van der Waals surface area contributed by atoms with E-state index in [9.17, 15) is 5.26 Å². The van der Waals surface area contributed by atoms with Crippen LogP contribution in [0.25, 0.3) is 0 Å². The first-order chi connectivity index (χ1) is 9.15. The first-order valence-electron chi connectivity index (χ1n) is 8.27. The molecule has 19 heavy (non-hydrogen) atoms. The van der Waals surface area contributed by atoms with E-state index >= 15 is 0 Å². The van der Waals surface area contributed by atoms with Crippen LogP contribution in [-0.2, 0) is 0 Å². The molecule has 2 rings (SSSR count). The number of nitriles is 1. The van der Waals surface area contributed by atoms with Crippen molar-refractivity contribution in [3.8, 4) is 6.07 Å². The van der Waals surface area contributed by atoms with Gasteiger partial charge in [-0.3, -0.25) is 4.90 Å². The van der Waals surface area contributed by atoms with Crippen LogP contribution in [0.2, 0.25) is 0 Å². The van der Waals surface area contributed by atoms with Crippen molar-refractivity contribution < 1.29 is 0 Å². The summed E-state index contributed by atoms with van der Waals surface area (Å²) in [6.45, 7) is 4.67. The van der Waals surface area contributed by atoms with E-state index in [1.807, 2.05) is 0 Å². The lowest BCUT2D eigenvalue weighted by molar-refractivity contribution is 0.0643. The van der Waals surface area contributed by atoms with Crippen LogP contribution in [0.15, 0.2) is 0 Å². The van der Waals surface area contributed by atoms with E-state index in [0.29, 0.717) is 6.04 Å². The zero-order chi connectivity index (χ0) is 13.8. The molecule has 2 saturated carbocycles. The third kappa shape index (κ3) is 3.51.